The van der Waals surface area contributed by atoms with Gasteiger partial charge in [-0.15, -0.1) is 0 Å². The molecule has 0 atom stereocenters. The van der Waals surface area contributed by atoms with Crippen molar-refractivity contribution < 1.29 is 9.68 Å². The molecule has 0 amide bonds. The van der Waals surface area contributed by atoms with E-state index in [1.54, 1.807) is 6.07 Å². The zero-order chi connectivity index (χ0) is 18.2. The smallest absolute Gasteiger partial charge is 0.134 e. The summed E-state index contributed by atoms with van der Waals surface area (Å²) in [6.07, 6.45) is 1.72. The molecule has 0 heterocycles. The van der Waals surface area contributed by atoms with Crippen molar-refractivity contribution >= 4 is 34.6 Å². The van der Waals surface area contributed by atoms with Gasteiger partial charge in [-0.05, 0) is 43.0 Å². The molecular weight excluding hydrogens is 359 g/mol. The maximum Gasteiger partial charge on any atom is 0.134 e. The van der Waals surface area contributed by atoms with Gasteiger partial charge in [-0.25, -0.2) is 0 Å². The Kier molecular flexibility index (Phi) is 7.29. The van der Waals surface area contributed by atoms with E-state index in [1.165, 1.54) is 19.8 Å². The summed E-state index contributed by atoms with van der Waals surface area (Å²) in [4.78, 5) is 9.72. The molecule has 2 rings (SSSR count). The molecule has 0 radical (unpaired) electrons. The molecule has 6 heteroatoms. The summed E-state index contributed by atoms with van der Waals surface area (Å²) >= 11 is 12.2. The van der Waals surface area contributed by atoms with Crippen LogP contribution in [0.25, 0.3) is 0 Å². The summed E-state index contributed by atoms with van der Waals surface area (Å²) in [6.45, 7) is 1.82. The van der Waals surface area contributed by atoms with E-state index in [9.17, 15) is 0 Å². The minimum Gasteiger partial charge on any atom is -0.399 e. The number of hydrogen-bond acceptors (Lipinski definition) is 4. The first kappa shape index (κ1) is 19.3. The van der Waals surface area contributed by atoms with Gasteiger partial charge < -0.3 is 9.68 Å². The molecule has 0 aromatic heterocycles. The Bertz CT molecular complexity index is 771. The van der Waals surface area contributed by atoms with Crippen molar-refractivity contribution in [2.24, 2.45) is 10.3 Å². The minimum atomic E-state index is 0.636. The van der Waals surface area contributed by atoms with Crippen LogP contribution in [-0.4, -0.2) is 25.6 Å². The largest absolute Gasteiger partial charge is 0.399 e. The lowest BCUT2D eigenvalue weighted by Gasteiger charge is -2.08. The molecule has 0 N–H and O–H groups in total. The number of rotatable bonds is 7. The molecule has 0 unspecified atom stereocenters. The van der Waals surface area contributed by atoms with Crippen molar-refractivity contribution in [2.75, 3.05) is 14.2 Å². The monoisotopic (exact) mass is 378 g/mol. The van der Waals surface area contributed by atoms with Gasteiger partial charge in [0, 0.05) is 15.6 Å². The lowest BCUT2D eigenvalue weighted by atomic mass is 10.0. The third-order valence-electron chi connectivity index (χ3n) is 3.68. The van der Waals surface area contributed by atoms with Crippen molar-refractivity contribution in [1.29, 1.82) is 0 Å². The maximum atomic E-state index is 6.22. The first-order chi connectivity index (χ1) is 12.0. The third-order valence-corrected chi connectivity index (χ3v) is 4.27. The Hall–Kier alpha value is -2.04. The lowest BCUT2D eigenvalue weighted by Crippen LogP contribution is -2.13. The van der Waals surface area contributed by atoms with Crippen LogP contribution in [0, 0.1) is 0 Å². The number of aryl methyl sites for hydroxylation is 2. The Morgan fingerprint density at radius 2 is 1.60 bits per heavy atom. The first-order valence-corrected chi connectivity index (χ1v) is 8.53. The van der Waals surface area contributed by atoms with Crippen molar-refractivity contribution in [1.82, 2.24) is 0 Å². The number of halogens is 2. The summed E-state index contributed by atoms with van der Waals surface area (Å²) < 4.78 is 0. The van der Waals surface area contributed by atoms with Gasteiger partial charge in [0.25, 0.3) is 0 Å². The van der Waals surface area contributed by atoms with E-state index in [4.69, 9.17) is 32.9 Å². The molecule has 0 aliphatic carbocycles. The minimum absolute atomic E-state index is 0.636. The standard InChI is InChI=1S/C19H20Cl2N2O2/c1-13(22-24-2)19(23-25-3)16-8-5-14(6-9-16)4-7-15-10-11-17(20)12-18(15)21/h5-6,8-12H,4,7H2,1-3H3/b22-13+,23-19-. The average Bonchev–Trinajstić information content (AvgIpc) is 2.60. The van der Waals surface area contributed by atoms with Crippen LogP contribution >= 0.6 is 23.2 Å². The Morgan fingerprint density at radius 1 is 0.920 bits per heavy atom. The second-order valence-electron chi connectivity index (χ2n) is 5.41. The predicted octanol–water partition coefficient (Wildman–Crippen LogP) is 5.15. The fraction of sp³-hybridized carbons (Fsp3) is 0.263. The Balaban J connectivity index is 2.11. The number of hydrogen-bond donors (Lipinski definition) is 0. The summed E-state index contributed by atoms with van der Waals surface area (Å²) in [5.74, 6) is 0. The summed E-state index contributed by atoms with van der Waals surface area (Å²) in [7, 11) is 3.00. The van der Waals surface area contributed by atoms with Gasteiger partial charge in [-0.3, -0.25) is 0 Å². The maximum absolute atomic E-state index is 6.22. The lowest BCUT2D eigenvalue weighted by molar-refractivity contribution is 0.210. The molecule has 0 bridgehead atoms. The topological polar surface area (TPSA) is 43.2 Å². The molecule has 2 aromatic rings. The molecule has 0 spiro atoms. The van der Waals surface area contributed by atoms with Crippen LogP contribution in [0.1, 0.15) is 23.6 Å². The van der Waals surface area contributed by atoms with Gasteiger partial charge in [-0.1, -0.05) is 63.8 Å². The second-order valence-corrected chi connectivity index (χ2v) is 6.26. The average molecular weight is 379 g/mol. The number of oxime groups is 2. The van der Waals surface area contributed by atoms with Crippen LogP contribution in [0.5, 0.6) is 0 Å². The van der Waals surface area contributed by atoms with Gasteiger partial charge in [0.05, 0.1) is 0 Å². The predicted molar refractivity (Wildman–Crippen MR) is 104 cm³/mol. The van der Waals surface area contributed by atoms with Crippen molar-refractivity contribution in [2.45, 2.75) is 19.8 Å². The molecule has 0 saturated carbocycles. The van der Waals surface area contributed by atoms with E-state index < -0.39 is 0 Å². The summed E-state index contributed by atoms with van der Waals surface area (Å²) in [5, 5.41) is 9.30. The number of benzene rings is 2. The molecule has 0 fully saturated rings. The number of nitrogens with zero attached hydrogens (tertiary/aromatic N) is 2. The SMILES string of the molecule is CO/N=C(C)/C(=N/OC)c1ccc(CCc2ccc(Cl)cc2Cl)cc1. The zero-order valence-corrected chi connectivity index (χ0v) is 15.9. The van der Waals surface area contributed by atoms with Crippen LogP contribution in [-0.2, 0) is 22.5 Å². The normalized spacial score (nSPS) is 12.2. The van der Waals surface area contributed by atoms with Gasteiger partial charge in [-0.2, -0.15) is 0 Å². The summed E-state index contributed by atoms with van der Waals surface area (Å²) in [6, 6.07) is 13.7. The fourth-order valence-electron chi connectivity index (χ4n) is 2.43. The van der Waals surface area contributed by atoms with Crippen LogP contribution < -0.4 is 0 Å². The van der Waals surface area contributed by atoms with E-state index >= 15 is 0 Å². The molecule has 4 nitrogen and oxygen atoms in total. The van der Waals surface area contributed by atoms with Gasteiger partial charge in [0.15, 0.2) is 0 Å². The Morgan fingerprint density at radius 3 is 2.20 bits per heavy atom. The first-order valence-electron chi connectivity index (χ1n) is 7.77. The molecule has 0 aliphatic rings. The van der Waals surface area contributed by atoms with E-state index in [-0.39, 0.29) is 0 Å². The molecule has 0 saturated heterocycles. The van der Waals surface area contributed by atoms with Gasteiger partial charge in [0.2, 0.25) is 0 Å². The van der Waals surface area contributed by atoms with Gasteiger partial charge >= 0.3 is 0 Å². The summed E-state index contributed by atoms with van der Waals surface area (Å²) in [5.41, 5.74) is 4.47. The highest BCUT2D eigenvalue weighted by Gasteiger charge is 2.10. The highest BCUT2D eigenvalue weighted by atomic mass is 35.5. The molecule has 25 heavy (non-hydrogen) atoms. The van der Waals surface area contributed by atoms with E-state index in [0.717, 1.165) is 24.0 Å². The third kappa shape index (κ3) is 5.48. The van der Waals surface area contributed by atoms with Gasteiger partial charge in [0.1, 0.15) is 25.6 Å². The van der Waals surface area contributed by atoms with E-state index in [2.05, 4.69) is 22.4 Å². The van der Waals surface area contributed by atoms with E-state index in [0.29, 0.717) is 21.5 Å². The van der Waals surface area contributed by atoms with Crippen LogP contribution in [0.15, 0.2) is 52.8 Å². The Labute approximate surface area is 158 Å². The highest BCUT2D eigenvalue weighted by Crippen LogP contribution is 2.22. The van der Waals surface area contributed by atoms with Crippen molar-refractivity contribution in [3.8, 4) is 0 Å². The van der Waals surface area contributed by atoms with Crippen molar-refractivity contribution in [3.05, 3.63) is 69.2 Å². The fourth-order valence-corrected chi connectivity index (χ4v) is 2.93. The molecule has 2 aromatic carbocycles. The molecule has 132 valence electrons. The van der Waals surface area contributed by atoms with Crippen LogP contribution in [0.3, 0.4) is 0 Å². The van der Waals surface area contributed by atoms with Crippen LogP contribution in [0.4, 0.5) is 0 Å². The quantitative estimate of drug-likeness (QED) is 0.493. The highest BCUT2D eigenvalue weighted by molar-refractivity contribution is 6.47. The second kappa shape index (κ2) is 9.44. The van der Waals surface area contributed by atoms with Crippen LogP contribution in [0.2, 0.25) is 10.0 Å². The molecular formula is C19H20Cl2N2O2. The zero-order valence-electron chi connectivity index (χ0n) is 14.4. The van der Waals surface area contributed by atoms with Crippen molar-refractivity contribution in [3.63, 3.8) is 0 Å². The molecule has 0 aliphatic heterocycles. The van der Waals surface area contributed by atoms with E-state index in [1.807, 2.05) is 31.2 Å².